The van der Waals surface area contributed by atoms with Gasteiger partial charge in [-0.2, -0.15) is 4.72 Å². The molecule has 2 N–H and O–H groups in total. The Morgan fingerprint density at radius 2 is 2.18 bits per heavy atom. The van der Waals surface area contributed by atoms with Crippen LogP contribution in [-0.2, 0) is 14.8 Å². The first-order valence-corrected chi connectivity index (χ1v) is 7.48. The fourth-order valence-corrected chi connectivity index (χ4v) is 3.54. The van der Waals surface area contributed by atoms with Gasteiger partial charge in [0.2, 0.25) is 0 Å². The Hall–Kier alpha value is -0.920. The summed E-state index contributed by atoms with van der Waals surface area (Å²) in [4.78, 5) is 11.0. The van der Waals surface area contributed by atoms with Gasteiger partial charge in [0.1, 0.15) is 10.3 Å². The first-order chi connectivity index (χ1) is 7.83. The molecule has 0 aromatic carbocycles. The fraction of sp³-hybridized carbons (Fsp3) is 0.500. The fourth-order valence-electron chi connectivity index (χ4n) is 1.33. The van der Waals surface area contributed by atoms with Crippen molar-refractivity contribution in [2.24, 2.45) is 5.92 Å². The van der Waals surface area contributed by atoms with E-state index in [1.807, 2.05) is 13.8 Å². The highest BCUT2D eigenvalue weighted by molar-refractivity contribution is 7.91. The summed E-state index contributed by atoms with van der Waals surface area (Å²) in [7, 11) is -3.72. The highest BCUT2D eigenvalue weighted by atomic mass is 32.2. The van der Waals surface area contributed by atoms with E-state index < -0.39 is 22.0 Å². The van der Waals surface area contributed by atoms with E-state index in [4.69, 9.17) is 5.11 Å². The molecule has 7 heteroatoms. The summed E-state index contributed by atoms with van der Waals surface area (Å²) < 4.78 is 26.0. The molecule has 1 rings (SSSR count). The number of carboxylic acids is 1. The van der Waals surface area contributed by atoms with Crippen LogP contribution in [0.3, 0.4) is 0 Å². The second-order valence-corrected chi connectivity index (χ2v) is 6.96. The molecule has 0 spiro atoms. The van der Waals surface area contributed by atoms with Crippen LogP contribution >= 0.6 is 11.3 Å². The molecule has 0 radical (unpaired) electrons. The monoisotopic (exact) mass is 277 g/mol. The molecule has 0 fully saturated rings. The van der Waals surface area contributed by atoms with Crippen molar-refractivity contribution in [2.75, 3.05) is 0 Å². The van der Waals surface area contributed by atoms with Crippen LogP contribution in [0.1, 0.15) is 20.3 Å². The molecule has 0 aliphatic rings. The van der Waals surface area contributed by atoms with Crippen LogP contribution < -0.4 is 4.72 Å². The summed E-state index contributed by atoms with van der Waals surface area (Å²) in [6.45, 7) is 3.69. The average Bonchev–Trinajstić information content (AvgIpc) is 2.68. The van der Waals surface area contributed by atoms with E-state index in [0.29, 0.717) is 0 Å². The van der Waals surface area contributed by atoms with Crippen LogP contribution in [0.5, 0.6) is 0 Å². The second kappa shape index (κ2) is 5.61. The lowest BCUT2D eigenvalue weighted by Gasteiger charge is -2.15. The summed E-state index contributed by atoms with van der Waals surface area (Å²) in [6, 6.07) is 1.97. The van der Waals surface area contributed by atoms with Gasteiger partial charge in [0.05, 0.1) is 0 Å². The molecule has 0 aliphatic carbocycles. The number of rotatable bonds is 6. The Labute approximate surface area is 105 Å². The van der Waals surface area contributed by atoms with Crippen LogP contribution in [0.2, 0.25) is 0 Å². The zero-order valence-electron chi connectivity index (χ0n) is 9.58. The van der Waals surface area contributed by atoms with Crippen LogP contribution in [0.25, 0.3) is 0 Å². The SMILES string of the molecule is CC(C)C[C@H](NS(=O)(=O)c1cccs1)C(=O)O. The molecule has 0 saturated heterocycles. The Balaban J connectivity index is 2.84. The van der Waals surface area contributed by atoms with Gasteiger partial charge in [-0.05, 0) is 23.8 Å². The van der Waals surface area contributed by atoms with E-state index in [0.717, 1.165) is 11.3 Å². The molecule has 1 heterocycles. The van der Waals surface area contributed by atoms with Crippen molar-refractivity contribution < 1.29 is 18.3 Å². The quantitative estimate of drug-likeness (QED) is 0.826. The number of hydrogen-bond acceptors (Lipinski definition) is 4. The van der Waals surface area contributed by atoms with Crippen molar-refractivity contribution in [3.8, 4) is 0 Å². The van der Waals surface area contributed by atoms with Crippen LogP contribution in [0.15, 0.2) is 21.7 Å². The van der Waals surface area contributed by atoms with E-state index >= 15 is 0 Å². The molecule has 0 bridgehead atoms. The van der Waals surface area contributed by atoms with Crippen LogP contribution in [0, 0.1) is 5.92 Å². The van der Waals surface area contributed by atoms with Crippen molar-refractivity contribution in [3.05, 3.63) is 17.5 Å². The summed E-state index contributed by atoms with van der Waals surface area (Å²) in [5.41, 5.74) is 0. The maximum absolute atomic E-state index is 11.8. The molecule has 1 aromatic rings. The smallest absolute Gasteiger partial charge is 0.321 e. The van der Waals surface area contributed by atoms with E-state index in [1.165, 1.54) is 6.07 Å². The number of aliphatic carboxylic acids is 1. The number of carboxylic acid groups (broad SMARTS) is 1. The van der Waals surface area contributed by atoms with Gasteiger partial charge >= 0.3 is 5.97 Å². The topological polar surface area (TPSA) is 83.5 Å². The molecule has 0 unspecified atom stereocenters. The third kappa shape index (κ3) is 4.10. The van der Waals surface area contributed by atoms with Crippen molar-refractivity contribution in [1.29, 1.82) is 0 Å². The first kappa shape index (κ1) is 14.1. The Morgan fingerprint density at radius 3 is 2.59 bits per heavy atom. The van der Waals surface area contributed by atoms with E-state index in [9.17, 15) is 13.2 Å². The van der Waals surface area contributed by atoms with Gasteiger partial charge in [-0.25, -0.2) is 8.42 Å². The summed E-state index contributed by atoms with van der Waals surface area (Å²) in [5.74, 6) is -1.05. The molecular weight excluding hydrogens is 262 g/mol. The molecule has 0 aliphatic heterocycles. The van der Waals surface area contributed by atoms with E-state index in [1.54, 1.807) is 11.4 Å². The lowest BCUT2D eigenvalue weighted by atomic mass is 10.1. The van der Waals surface area contributed by atoms with Gasteiger partial charge in [-0.15, -0.1) is 11.3 Å². The van der Waals surface area contributed by atoms with Crippen LogP contribution in [-0.4, -0.2) is 25.5 Å². The Bertz CT molecular complexity index is 465. The number of hydrogen-bond donors (Lipinski definition) is 2. The third-order valence-electron chi connectivity index (χ3n) is 2.06. The Kier molecular flexibility index (Phi) is 4.67. The van der Waals surface area contributed by atoms with Crippen molar-refractivity contribution in [2.45, 2.75) is 30.5 Å². The predicted molar refractivity (Wildman–Crippen MR) is 65.5 cm³/mol. The normalized spacial score (nSPS) is 13.8. The molecule has 1 aromatic heterocycles. The van der Waals surface area contributed by atoms with Crippen molar-refractivity contribution in [3.63, 3.8) is 0 Å². The second-order valence-electron chi connectivity index (χ2n) is 4.07. The zero-order valence-corrected chi connectivity index (χ0v) is 11.2. The maximum atomic E-state index is 11.8. The zero-order chi connectivity index (χ0) is 13.1. The molecular formula is C10H15NO4S2. The largest absolute Gasteiger partial charge is 0.480 e. The maximum Gasteiger partial charge on any atom is 0.321 e. The number of carbonyl (C=O) groups is 1. The average molecular weight is 277 g/mol. The molecule has 17 heavy (non-hydrogen) atoms. The lowest BCUT2D eigenvalue weighted by Crippen LogP contribution is -2.41. The van der Waals surface area contributed by atoms with Gasteiger partial charge in [-0.1, -0.05) is 19.9 Å². The van der Waals surface area contributed by atoms with Gasteiger partial charge in [0, 0.05) is 0 Å². The number of thiophene rings is 1. The van der Waals surface area contributed by atoms with Gasteiger partial charge in [0.15, 0.2) is 0 Å². The van der Waals surface area contributed by atoms with Crippen molar-refractivity contribution in [1.82, 2.24) is 4.72 Å². The van der Waals surface area contributed by atoms with E-state index in [-0.39, 0.29) is 16.5 Å². The number of sulfonamides is 1. The van der Waals surface area contributed by atoms with Crippen LogP contribution in [0.4, 0.5) is 0 Å². The highest BCUT2D eigenvalue weighted by Crippen LogP contribution is 2.17. The summed E-state index contributed by atoms with van der Waals surface area (Å²) in [5, 5.41) is 10.6. The van der Waals surface area contributed by atoms with Crippen molar-refractivity contribution >= 4 is 27.3 Å². The highest BCUT2D eigenvalue weighted by Gasteiger charge is 2.26. The molecule has 0 amide bonds. The lowest BCUT2D eigenvalue weighted by molar-refractivity contribution is -0.139. The van der Waals surface area contributed by atoms with Gasteiger partial charge in [0.25, 0.3) is 10.0 Å². The molecule has 5 nitrogen and oxygen atoms in total. The number of nitrogens with one attached hydrogen (secondary N) is 1. The summed E-state index contributed by atoms with van der Waals surface area (Å²) in [6.07, 6.45) is 0.264. The van der Waals surface area contributed by atoms with Gasteiger partial charge < -0.3 is 5.11 Å². The predicted octanol–water partition coefficient (Wildman–Crippen LogP) is 1.53. The molecule has 0 saturated carbocycles. The minimum absolute atomic E-state index is 0.0992. The minimum atomic E-state index is -3.72. The standard InChI is InChI=1S/C10H15NO4S2/c1-7(2)6-8(10(12)13)11-17(14,15)9-4-3-5-16-9/h3-5,7-8,11H,6H2,1-2H3,(H,12,13)/t8-/m0/s1. The third-order valence-corrected chi connectivity index (χ3v) is 4.93. The van der Waals surface area contributed by atoms with Gasteiger partial charge in [-0.3, -0.25) is 4.79 Å². The molecule has 1 atom stereocenters. The Morgan fingerprint density at radius 1 is 1.53 bits per heavy atom. The summed E-state index contributed by atoms with van der Waals surface area (Å²) >= 11 is 1.06. The molecule has 96 valence electrons. The first-order valence-electron chi connectivity index (χ1n) is 5.11. The van der Waals surface area contributed by atoms with E-state index in [2.05, 4.69) is 4.72 Å². The minimum Gasteiger partial charge on any atom is -0.480 e.